The fraction of sp³-hybridized carbons (Fsp3) is 0.133. The fourth-order valence-electron chi connectivity index (χ4n) is 2.73. The van der Waals surface area contributed by atoms with Gasteiger partial charge in [-0.3, -0.25) is 4.79 Å². The van der Waals surface area contributed by atoms with Gasteiger partial charge in [-0.25, -0.2) is 9.97 Å². The van der Waals surface area contributed by atoms with Gasteiger partial charge in [-0.1, -0.05) is 0 Å². The second-order valence-electron chi connectivity index (χ2n) is 5.38. The summed E-state index contributed by atoms with van der Waals surface area (Å²) in [5.41, 5.74) is 6.85. The second-order valence-corrected chi connectivity index (χ2v) is 7.59. The first-order valence-corrected chi connectivity index (χ1v) is 8.90. The van der Waals surface area contributed by atoms with E-state index < -0.39 is 16.8 Å². The molecular formula is C15H17ClN6O2S. The Hall–Kier alpha value is -2.65. The number of carbonyl (C=O) groups excluding carboxylic acids is 1. The average Bonchev–Trinajstić information content (AvgIpc) is 3.22. The molecule has 0 aromatic carbocycles. The van der Waals surface area contributed by atoms with Crippen LogP contribution in [0.2, 0.25) is 0 Å². The Morgan fingerprint density at radius 2 is 2.16 bits per heavy atom. The standard InChI is InChI=1S/C15H16N6O2S.ClH/c16-12(23)11-7-17-3-4-24(11)15-9-1-2-18-13(9)20-14(21-15)10-5-8(22)6-19-10;/h1-2,5-7,17,19,22,24H,3-4H2,(H2,16,23)(H,18,20,21);1H. The van der Waals surface area contributed by atoms with E-state index in [4.69, 9.17) is 10.7 Å². The van der Waals surface area contributed by atoms with E-state index in [1.54, 1.807) is 18.5 Å². The van der Waals surface area contributed by atoms with Gasteiger partial charge in [-0.05, 0) is 6.07 Å². The Morgan fingerprint density at radius 1 is 1.32 bits per heavy atom. The molecule has 0 spiro atoms. The number of nitrogens with one attached hydrogen (secondary N) is 3. The number of H-pyrrole nitrogens is 2. The molecule has 1 unspecified atom stereocenters. The Kier molecular flexibility index (Phi) is 4.60. The highest BCUT2D eigenvalue weighted by Crippen LogP contribution is 2.46. The summed E-state index contributed by atoms with van der Waals surface area (Å²) in [6.45, 7) is 0.761. The molecule has 1 atom stereocenters. The number of aromatic amines is 2. The van der Waals surface area contributed by atoms with Crippen LogP contribution in [0.25, 0.3) is 22.6 Å². The van der Waals surface area contributed by atoms with Crippen LogP contribution >= 0.6 is 23.3 Å². The maximum atomic E-state index is 11.8. The van der Waals surface area contributed by atoms with Crippen LogP contribution in [0.5, 0.6) is 5.75 Å². The predicted octanol–water partition coefficient (Wildman–Crippen LogP) is 1.37. The minimum absolute atomic E-state index is 0. The minimum atomic E-state index is -0.967. The van der Waals surface area contributed by atoms with Crippen molar-refractivity contribution in [3.05, 3.63) is 35.6 Å². The van der Waals surface area contributed by atoms with Crippen molar-refractivity contribution in [1.29, 1.82) is 0 Å². The molecule has 0 fully saturated rings. The van der Waals surface area contributed by atoms with Crippen LogP contribution in [0.1, 0.15) is 0 Å². The van der Waals surface area contributed by atoms with Crippen molar-refractivity contribution in [2.24, 2.45) is 5.73 Å². The maximum Gasteiger partial charge on any atom is 0.255 e. The molecule has 0 bridgehead atoms. The van der Waals surface area contributed by atoms with Gasteiger partial charge in [-0.15, -0.1) is 12.4 Å². The number of carbonyl (C=O) groups is 1. The molecule has 4 rings (SSSR count). The molecule has 8 nitrogen and oxygen atoms in total. The molecule has 4 heterocycles. The number of rotatable bonds is 3. The molecular weight excluding hydrogens is 364 g/mol. The van der Waals surface area contributed by atoms with Gasteiger partial charge in [0.1, 0.15) is 11.4 Å². The Balaban J connectivity index is 0.00000182. The Bertz CT molecular complexity index is 966. The monoisotopic (exact) mass is 380 g/mol. The van der Waals surface area contributed by atoms with Gasteiger partial charge in [0.2, 0.25) is 0 Å². The van der Waals surface area contributed by atoms with Gasteiger partial charge >= 0.3 is 0 Å². The first-order valence-electron chi connectivity index (χ1n) is 7.37. The third-order valence-electron chi connectivity index (χ3n) is 3.82. The molecule has 1 aliphatic rings. The first-order chi connectivity index (χ1) is 11.6. The normalized spacial score (nSPS) is 18.2. The van der Waals surface area contributed by atoms with Crippen LogP contribution < -0.4 is 11.1 Å². The highest BCUT2D eigenvalue weighted by atomic mass is 35.5. The number of amides is 1. The van der Waals surface area contributed by atoms with Crippen molar-refractivity contribution in [3.8, 4) is 17.3 Å². The van der Waals surface area contributed by atoms with Crippen LogP contribution in [0, 0.1) is 0 Å². The summed E-state index contributed by atoms with van der Waals surface area (Å²) in [7, 11) is -0.967. The van der Waals surface area contributed by atoms with E-state index in [1.165, 1.54) is 6.20 Å². The number of thiol groups is 1. The molecule has 25 heavy (non-hydrogen) atoms. The number of primary amides is 1. The summed E-state index contributed by atoms with van der Waals surface area (Å²) < 4.78 is 0. The molecule has 132 valence electrons. The second kappa shape index (κ2) is 6.69. The number of nitrogens with two attached hydrogens (primary N) is 1. The lowest BCUT2D eigenvalue weighted by Gasteiger charge is -2.27. The lowest BCUT2D eigenvalue weighted by molar-refractivity contribution is -0.113. The SMILES string of the molecule is Cl.NC(=O)C1=CNCC[SH]1c1nc(-c2cc(O)c[nH]2)nc2[nH]ccc12. The molecule has 3 aromatic rings. The van der Waals surface area contributed by atoms with E-state index in [9.17, 15) is 9.90 Å². The lowest BCUT2D eigenvalue weighted by Crippen LogP contribution is -2.26. The van der Waals surface area contributed by atoms with Gasteiger partial charge < -0.3 is 26.1 Å². The summed E-state index contributed by atoms with van der Waals surface area (Å²) in [4.78, 5) is 27.6. The molecule has 1 amide bonds. The van der Waals surface area contributed by atoms with E-state index in [-0.39, 0.29) is 18.2 Å². The number of aromatic hydroxyl groups is 1. The van der Waals surface area contributed by atoms with E-state index in [0.717, 1.165) is 22.7 Å². The molecule has 1 aliphatic heterocycles. The van der Waals surface area contributed by atoms with Crippen LogP contribution in [0.4, 0.5) is 0 Å². The smallest absolute Gasteiger partial charge is 0.255 e. The number of hydrogen-bond acceptors (Lipinski definition) is 5. The van der Waals surface area contributed by atoms with Gasteiger partial charge in [0.25, 0.3) is 5.91 Å². The molecule has 3 aromatic heterocycles. The largest absolute Gasteiger partial charge is 0.506 e. The third-order valence-corrected chi connectivity index (χ3v) is 6.28. The zero-order valence-electron chi connectivity index (χ0n) is 13.0. The van der Waals surface area contributed by atoms with Crippen molar-refractivity contribution < 1.29 is 9.90 Å². The average molecular weight is 381 g/mol. The quantitative estimate of drug-likeness (QED) is 0.301. The topological polar surface area (TPSA) is 133 Å². The fourth-order valence-corrected chi connectivity index (χ4v) is 4.96. The van der Waals surface area contributed by atoms with Crippen LogP contribution in [0.15, 0.2) is 40.7 Å². The van der Waals surface area contributed by atoms with E-state index in [1.807, 2.05) is 6.07 Å². The predicted molar refractivity (Wildman–Crippen MR) is 100.0 cm³/mol. The van der Waals surface area contributed by atoms with Crippen molar-refractivity contribution in [1.82, 2.24) is 25.3 Å². The third kappa shape index (κ3) is 3.03. The summed E-state index contributed by atoms with van der Waals surface area (Å²) >= 11 is 0. The van der Waals surface area contributed by atoms with Crippen molar-refractivity contribution >= 4 is 40.2 Å². The van der Waals surface area contributed by atoms with Crippen LogP contribution in [-0.4, -0.2) is 43.2 Å². The zero-order chi connectivity index (χ0) is 16.7. The Morgan fingerprint density at radius 3 is 2.88 bits per heavy atom. The van der Waals surface area contributed by atoms with Crippen molar-refractivity contribution in [3.63, 3.8) is 0 Å². The molecule has 0 saturated carbocycles. The van der Waals surface area contributed by atoms with E-state index in [2.05, 4.69) is 20.3 Å². The van der Waals surface area contributed by atoms with Gasteiger partial charge in [0.15, 0.2) is 5.82 Å². The molecule has 10 heteroatoms. The van der Waals surface area contributed by atoms with Crippen molar-refractivity contribution in [2.45, 2.75) is 5.03 Å². The summed E-state index contributed by atoms with van der Waals surface area (Å²) in [6.07, 6.45) is 4.96. The van der Waals surface area contributed by atoms with Crippen LogP contribution in [0.3, 0.4) is 0 Å². The highest BCUT2D eigenvalue weighted by molar-refractivity contribution is 8.21. The molecule has 0 saturated heterocycles. The van der Waals surface area contributed by atoms with Gasteiger partial charge in [0, 0.05) is 42.3 Å². The van der Waals surface area contributed by atoms with E-state index in [0.29, 0.717) is 22.1 Å². The van der Waals surface area contributed by atoms with E-state index >= 15 is 0 Å². The highest BCUT2D eigenvalue weighted by Gasteiger charge is 2.24. The number of fused-ring (bicyclic) bond motifs is 1. The number of halogens is 1. The zero-order valence-corrected chi connectivity index (χ0v) is 14.7. The number of hydrogen-bond donors (Lipinski definition) is 6. The van der Waals surface area contributed by atoms with Crippen LogP contribution in [-0.2, 0) is 4.79 Å². The van der Waals surface area contributed by atoms with Crippen molar-refractivity contribution in [2.75, 3.05) is 12.3 Å². The molecule has 6 N–H and O–H groups in total. The summed E-state index contributed by atoms with van der Waals surface area (Å²) in [5.74, 6) is 0.920. The summed E-state index contributed by atoms with van der Waals surface area (Å²) in [5, 5.41) is 14.3. The molecule has 0 aliphatic carbocycles. The summed E-state index contributed by atoms with van der Waals surface area (Å²) in [6, 6.07) is 3.47. The Labute approximate surface area is 151 Å². The lowest BCUT2D eigenvalue weighted by atomic mass is 10.3. The number of nitrogens with zero attached hydrogens (tertiary/aromatic N) is 2. The minimum Gasteiger partial charge on any atom is -0.506 e. The van der Waals surface area contributed by atoms with Gasteiger partial charge in [0.05, 0.1) is 15.6 Å². The first kappa shape index (κ1) is 17.2. The van der Waals surface area contributed by atoms with Gasteiger partial charge in [-0.2, -0.15) is 10.9 Å². The number of aromatic nitrogens is 4. The maximum absolute atomic E-state index is 11.8. The molecule has 0 radical (unpaired) electrons.